The molecule has 0 radical (unpaired) electrons. The fraction of sp³-hybridized carbons (Fsp3) is 0.125. The molecule has 0 aromatic carbocycles. The maximum atomic E-state index is 5.91. The van der Waals surface area contributed by atoms with Crippen LogP contribution >= 0.6 is 0 Å². The summed E-state index contributed by atoms with van der Waals surface area (Å²) in [4.78, 5) is 7.84. The molecule has 0 heterocycles. The van der Waals surface area contributed by atoms with E-state index in [0.717, 1.165) is 11.1 Å². The monoisotopic (exact) mass is 270 g/mol. The standard InChI is InChI=1S/C16H22N4/c1-5-7-13(6-2)8-9-14(15(18)12-17)16(20-4)10-11-19-3/h5-7,9-12H,1-3,8,17-18H2,4H3/b11-10-,13-7+,14-9+,15-12+,20-16+. The number of rotatable bonds is 8. The first-order valence-electron chi connectivity index (χ1n) is 6.06. The SMILES string of the molecule is C=C/C=C(\C=C)C/C=C(C(\N)=C/N)/C(/C=C\N=C)=N/C. The minimum Gasteiger partial charge on any atom is -0.403 e. The lowest BCUT2D eigenvalue weighted by Gasteiger charge is -2.08. The number of nitrogens with two attached hydrogens (primary N) is 2. The Morgan fingerprint density at radius 2 is 2.00 bits per heavy atom. The molecular formula is C16H22N4. The highest BCUT2D eigenvalue weighted by molar-refractivity contribution is 6.11. The average molecular weight is 270 g/mol. The van der Waals surface area contributed by atoms with Crippen molar-refractivity contribution < 1.29 is 0 Å². The molecule has 0 saturated carbocycles. The number of aliphatic imine (C=N–C) groups is 2. The molecule has 0 aromatic rings. The van der Waals surface area contributed by atoms with Crippen LogP contribution in [-0.2, 0) is 0 Å². The van der Waals surface area contributed by atoms with E-state index in [2.05, 4.69) is 29.9 Å². The summed E-state index contributed by atoms with van der Waals surface area (Å²) in [7, 11) is 1.67. The van der Waals surface area contributed by atoms with Gasteiger partial charge < -0.3 is 11.5 Å². The normalized spacial score (nSPS) is 14.4. The molecule has 0 aliphatic rings. The number of hydrogen-bond donors (Lipinski definition) is 2. The Bertz CT molecular complexity index is 503. The van der Waals surface area contributed by atoms with E-state index in [-0.39, 0.29) is 0 Å². The third kappa shape index (κ3) is 5.82. The molecule has 106 valence electrons. The molecule has 0 saturated heterocycles. The number of hydrogen-bond acceptors (Lipinski definition) is 4. The maximum absolute atomic E-state index is 5.91. The first-order chi connectivity index (χ1) is 9.64. The zero-order valence-electron chi connectivity index (χ0n) is 11.9. The lowest BCUT2D eigenvalue weighted by molar-refractivity contribution is 1.23. The van der Waals surface area contributed by atoms with E-state index in [1.807, 2.05) is 12.2 Å². The highest BCUT2D eigenvalue weighted by atomic mass is 14.7. The number of allylic oxidation sites excluding steroid dienone is 7. The molecule has 4 heteroatoms. The molecule has 4 nitrogen and oxygen atoms in total. The summed E-state index contributed by atoms with van der Waals surface area (Å²) >= 11 is 0. The lowest BCUT2D eigenvalue weighted by atomic mass is 10.0. The van der Waals surface area contributed by atoms with Crippen molar-refractivity contribution in [3.63, 3.8) is 0 Å². The van der Waals surface area contributed by atoms with Crippen molar-refractivity contribution in [2.45, 2.75) is 6.42 Å². The van der Waals surface area contributed by atoms with Gasteiger partial charge in [0.15, 0.2) is 0 Å². The minimum absolute atomic E-state index is 0.446. The second-order valence-electron chi connectivity index (χ2n) is 3.73. The predicted octanol–water partition coefficient (Wildman–Crippen LogP) is 2.65. The van der Waals surface area contributed by atoms with Gasteiger partial charge in [0.2, 0.25) is 0 Å². The third-order valence-electron chi connectivity index (χ3n) is 2.48. The van der Waals surface area contributed by atoms with Gasteiger partial charge in [0.1, 0.15) is 0 Å². The number of nitrogens with zero attached hydrogens (tertiary/aromatic N) is 2. The zero-order chi connectivity index (χ0) is 15.4. The Hall–Kier alpha value is -2.62. The minimum atomic E-state index is 0.446. The van der Waals surface area contributed by atoms with Gasteiger partial charge in [-0.2, -0.15) is 0 Å². The van der Waals surface area contributed by atoms with Crippen LogP contribution in [0.3, 0.4) is 0 Å². The van der Waals surface area contributed by atoms with Crippen LogP contribution in [0.25, 0.3) is 0 Å². The fourth-order valence-electron chi connectivity index (χ4n) is 1.46. The molecule has 0 fully saturated rings. The van der Waals surface area contributed by atoms with E-state index in [1.54, 1.807) is 31.5 Å². The molecule has 0 aliphatic heterocycles. The van der Waals surface area contributed by atoms with Crippen LogP contribution in [0, 0.1) is 0 Å². The van der Waals surface area contributed by atoms with Crippen molar-refractivity contribution >= 4 is 12.4 Å². The fourth-order valence-corrected chi connectivity index (χ4v) is 1.46. The summed E-state index contributed by atoms with van der Waals surface area (Å²) < 4.78 is 0. The first kappa shape index (κ1) is 17.4. The van der Waals surface area contributed by atoms with E-state index < -0.39 is 0 Å². The Balaban J connectivity index is 5.51. The maximum Gasteiger partial charge on any atom is 0.0676 e. The van der Waals surface area contributed by atoms with Crippen LogP contribution < -0.4 is 11.5 Å². The van der Waals surface area contributed by atoms with Gasteiger partial charge >= 0.3 is 0 Å². The molecule has 0 spiro atoms. The van der Waals surface area contributed by atoms with Gasteiger partial charge in [0.25, 0.3) is 0 Å². The van der Waals surface area contributed by atoms with E-state index in [1.165, 1.54) is 6.20 Å². The van der Waals surface area contributed by atoms with Gasteiger partial charge in [-0.3, -0.25) is 9.98 Å². The molecule has 0 amide bonds. The highest BCUT2D eigenvalue weighted by Gasteiger charge is 2.06. The first-order valence-corrected chi connectivity index (χ1v) is 6.06. The molecule has 0 aromatic heterocycles. The van der Waals surface area contributed by atoms with E-state index in [9.17, 15) is 0 Å². The van der Waals surface area contributed by atoms with Crippen LogP contribution in [0.1, 0.15) is 6.42 Å². The van der Waals surface area contributed by atoms with Crippen LogP contribution in [0.2, 0.25) is 0 Å². The van der Waals surface area contributed by atoms with Crippen molar-refractivity contribution in [1.82, 2.24) is 0 Å². The van der Waals surface area contributed by atoms with Crippen molar-refractivity contribution in [2.24, 2.45) is 21.5 Å². The van der Waals surface area contributed by atoms with Gasteiger partial charge in [0, 0.05) is 25.0 Å². The molecule has 0 bridgehead atoms. The summed E-state index contributed by atoms with van der Waals surface area (Å²) in [5.74, 6) is 0. The summed E-state index contributed by atoms with van der Waals surface area (Å²) in [6.07, 6.45) is 12.6. The van der Waals surface area contributed by atoms with Crippen molar-refractivity contribution in [1.29, 1.82) is 0 Å². The quantitative estimate of drug-likeness (QED) is 0.525. The molecular weight excluding hydrogens is 248 g/mol. The van der Waals surface area contributed by atoms with Crippen LogP contribution in [-0.4, -0.2) is 19.5 Å². The molecule has 0 aliphatic carbocycles. The molecule has 20 heavy (non-hydrogen) atoms. The van der Waals surface area contributed by atoms with Gasteiger partial charge in [-0.1, -0.05) is 37.5 Å². The molecule has 0 rings (SSSR count). The van der Waals surface area contributed by atoms with E-state index >= 15 is 0 Å². The smallest absolute Gasteiger partial charge is 0.0676 e. The van der Waals surface area contributed by atoms with Crippen LogP contribution in [0.15, 0.2) is 82.8 Å². The Labute approximate surface area is 121 Å². The molecule has 0 unspecified atom stereocenters. The lowest BCUT2D eigenvalue weighted by Crippen LogP contribution is -2.11. The van der Waals surface area contributed by atoms with Gasteiger partial charge in [-0.15, -0.1) is 0 Å². The Morgan fingerprint density at radius 3 is 2.45 bits per heavy atom. The highest BCUT2D eigenvalue weighted by Crippen LogP contribution is 2.13. The van der Waals surface area contributed by atoms with E-state index in [4.69, 9.17) is 11.5 Å². The largest absolute Gasteiger partial charge is 0.403 e. The summed E-state index contributed by atoms with van der Waals surface area (Å²) in [5, 5.41) is 0. The second-order valence-corrected chi connectivity index (χ2v) is 3.73. The van der Waals surface area contributed by atoms with Crippen molar-refractivity contribution in [3.8, 4) is 0 Å². The van der Waals surface area contributed by atoms with Crippen molar-refractivity contribution in [2.75, 3.05) is 7.05 Å². The Kier molecular flexibility index (Phi) is 8.96. The summed E-state index contributed by atoms with van der Waals surface area (Å²) in [6.45, 7) is 10.8. The zero-order valence-corrected chi connectivity index (χ0v) is 11.9. The van der Waals surface area contributed by atoms with Gasteiger partial charge in [0.05, 0.1) is 11.4 Å². The molecule has 0 atom stereocenters. The summed E-state index contributed by atoms with van der Waals surface area (Å²) in [6, 6.07) is 0. The molecule has 4 N–H and O–H groups in total. The summed E-state index contributed by atoms with van der Waals surface area (Å²) in [5.41, 5.74) is 14.3. The topological polar surface area (TPSA) is 76.8 Å². The average Bonchev–Trinajstić information content (AvgIpc) is 2.48. The van der Waals surface area contributed by atoms with E-state index in [0.29, 0.717) is 17.8 Å². The predicted molar refractivity (Wildman–Crippen MR) is 89.7 cm³/mol. The van der Waals surface area contributed by atoms with Crippen LogP contribution in [0.4, 0.5) is 0 Å². The second kappa shape index (κ2) is 10.3. The van der Waals surface area contributed by atoms with Gasteiger partial charge in [-0.25, -0.2) is 0 Å². The Morgan fingerprint density at radius 1 is 1.30 bits per heavy atom. The van der Waals surface area contributed by atoms with Gasteiger partial charge in [-0.05, 0) is 24.8 Å². The van der Waals surface area contributed by atoms with Crippen molar-refractivity contribution in [3.05, 3.63) is 72.8 Å². The van der Waals surface area contributed by atoms with Crippen LogP contribution in [0.5, 0.6) is 0 Å². The third-order valence-corrected chi connectivity index (χ3v) is 2.48.